The summed E-state index contributed by atoms with van der Waals surface area (Å²) >= 11 is 7.06. The Morgan fingerprint density at radius 2 is 1.55 bits per heavy atom. The maximum absolute atomic E-state index is 13.5. The second-order valence-corrected chi connectivity index (χ2v) is 8.62. The van der Waals surface area contributed by atoms with E-state index in [1.54, 1.807) is 41.1 Å². The number of aromatic carboxylic acids is 1. The maximum atomic E-state index is 13.5. The SMILES string of the molecule is O=C(O)c1sc(-c2cn(-c3ccccc3)nc2-c2ccc(F)cc2)nc1-c1ccc(Cl)cc1. The minimum absolute atomic E-state index is 0.116. The third-order valence-corrected chi connectivity index (χ3v) is 6.35. The van der Waals surface area contributed by atoms with Gasteiger partial charge in [-0.15, -0.1) is 11.3 Å². The molecule has 0 spiro atoms. The Bertz CT molecular complexity index is 1450. The molecule has 0 fully saturated rings. The van der Waals surface area contributed by atoms with Crippen LogP contribution in [0, 0.1) is 5.82 Å². The van der Waals surface area contributed by atoms with Crippen LogP contribution in [0.2, 0.25) is 5.02 Å². The summed E-state index contributed by atoms with van der Waals surface area (Å²) in [4.78, 5) is 16.8. The number of hydrogen-bond donors (Lipinski definition) is 1. The van der Waals surface area contributed by atoms with Gasteiger partial charge in [0.25, 0.3) is 0 Å². The number of halogens is 2. The highest BCUT2D eigenvalue weighted by Crippen LogP contribution is 2.39. The first-order valence-corrected chi connectivity index (χ1v) is 11.1. The van der Waals surface area contributed by atoms with Crippen LogP contribution in [-0.4, -0.2) is 25.8 Å². The van der Waals surface area contributed by atoms with Crippen molar-refractivity contribution in [2.45, 2.75) is 0 Å². The Hall–Kier alpha value is -3.81. The number of benzene rings is 3. The molecule has 0 radical (unpaired) electrons. The minimum Gasteiger partial charge on any atom is -0.477 e. The summed E-state index contributed by atoms with van der Waals surface area (Å²) in [5.41, 5.74) is 3.77. The molecule has 8 heteroatoms. The molecule has 2 aromatic heterocycles. The number of para-hydroxylation sites is 1. The fourth-order valence-corrected chi connectivity index (χ4v) is 4.51. The number of hydrogen-bond acceptors (Lipinski definition) is 4. The number of nitrogens with zero attached hydrogens (tertiary/aromatic N) is 3. The van der Waals surface area contributed by atoms with Gasteiger partial charge in [0.05, 0.1) is 16.9 Å². The lowest BCUT2D eigenvalue weighted by Crippen LogP contribution is -1.95. The van der Waals surface area contributed by atoms with Gasteiger partial charge in [0.15, 0.2) is 0 Å². The van der Waals surface area contributed by atoms with Gasteiger partial charge in [0.2, 0.25) is 0 Å². The van der Waals surface area contributed by atoms with Gasteiger partial charge in [-0.25, -0.2) is 18.9 Å². The van der Waals surface area contributed by atoms with Crippen LogP contribution in [0.1, 0.15) is 9.67 Å². The zero-order valence-corrected chi connectivity index (χ0v) is 18.5. The van der Waals surface area contributed by atoms with E-state index < -0.39 is 5.97 Å². The Labute approximate surface area is 197 Å². The smallest absolute Gasteiger partial charge is 0.348 e. The standard InChI is InChI=1S/C25H15ClFN3O2S/c26-17-10-6-16(7-11-17)22-23(25(31)32)33-24(28-22)20-14-30(19-4-2-1-3-5-19)29-21(20)15-8-12-18(27)13-9-15/h1-14H,(H,31,32). The second kappa shape index (κ2) is 8.61. The first-order valence-electron chi connectivity index (χ1n) is 9.91. The van der Waals surface area contributed by atoms with Crippen molar-refractivity contribution < 1.29 is 14.3 Å². The Balaban J connectivity index is 1.70. The van der Waals surface area contributed by atoms with Crippen molar-refractivity contribution in [3.05, 3.63) is 101 Å². The molecule has 0 saturated carbocycles. The van der Waals surface area contributed by atoms with Crippen LogP contribution in [0.3, 0.4) is 0 Å². The van der Waals surface area contributed by atoms with Gasteiger partial charge < -0.3 is 5.11 Å². The molecule has 2 heterocycles. The van der Waals surface area contributed by atoms with Crippen LogP contribution in [0.25, 0.3) is 38.8 Å². The molecular formula is C25H15ClFN3O2S. The fraction of sp³-hybridized carbons (Fsp3) is 0. The van der Waals surface area contributed by atoms with Gasteiger partial charge in [-0.3, -0.25) is 0 Å². The number of aromatic nitrogens is 3. The summed E-state index contributed by atoms with van der Waals surface area (Å²) in [7, 11) is 0. The molecule has 0 aliphatic carbocycles. The summed E-state index contributed by atoms with van der Waals surface area (Å²) in [6.45, 7) is 0. The van der Waals surface area contributed by atoms with Gasteiger partial charge in [-0.2, -0.15) is 5.10 Å². The van der Waals surface area contributed by atoms with Crippen molar-refractivity contribution in [1.82, 2.24) is 14.8 Å². The van der Waals surface area contributed by atoms with Gasteiger partial charge >= 0.3 is 5.97 Å². The molecule has 0 saturated heterocycles. The van der Waals surface area contributed by atoms with Crippen LogP contribution in [0.4, 0.5) is 4.39 Å². The molecule has 5 nitrogen and oxygen atoms in total. The van der Waals surface area contributed by atoms with Crippen LogP contribution in [0.15, 0.2) is 85.1 Å². The van der Waals surface area contributed by atoms with E-state index in [1.807, 2.05) is 36.5 Å². The highest BCUT2D eigenvalue weighted by Gasteiger charge is 2.23. The van der Waals surface area contributed by atoms with Crippen molar-refractivity contribution in [3.63, 3.8) is 0 Å². The van der Waals surface area contributed by atoms with Gasteiger partial charge in [-0.1, -0.05) is 41.9 Å². The number of rotatable bonds is 5. The first kappa shape index (κ1) is 21.1. The highest BCUT2D eigenvalue weighted by atomic mass is 35.5. The highest BCUT2D eigenvalue weighted by molar-refractivity contribution is 7.17. The molecule has 33 heavy (non-hydrogen) atoms. The normalized spacial score (nSPS) is 11.0. The molecule has 162 valence electrons. The maximum Gasteiger partial charge on any atom is 0.348 e. The zero-order valence-electron chi connectivity index (χ0n) is 16.9. The van der Waals surface area contributed by atoms with Crippen molar-refractivity contribution in [1.29, 1.82) is 0 Å². The van der Waals surface area contributed by atoms with Gasteiger partial charge in [-0.05, 0) is 48.5 Å². The van der Waals surface area contributed by atoms with Crippen molar-refractivity contribution in [3.8, 4) is 38.8 Å². The molecule has 5 aromatic rings. The Morgan fingerprint density at radius 3 is 2.21 bits per heavy atom. The van der Waals surface area contributed by atoms with E-state index in [4.69, 9.17) is 16.7 Å². The lowest BCUT2D eigenvalue weighted by Gasteiger charge is -2.01. The summed E-state index contributed by atoms with van der Waals surface area (Å²) in [6.07, 6.45) is 1.81. The fourth-order valence-electron chi connectivity index (χ4n) is 3.45. The van der Waals surface area contributed by atoms with Gasteiger partial charge in [0, 0.05) is 22.3 Å². The average Bonchev–Trinajstić information content (AvgIpc) is 3.46. The van der Waals surface area contributed by atoms with E-state index in [0.29, 0.717) is 38.1 Å². The minimum atomic E-state index is -1.07. The lowest BCUT2D eigenvalue weighted by atomic mass is 10.1. The summed E-state index contributed by atoms with van der Waals surface area (Å²) in [5, 5.41) is 15.6. The molecule has 0 atom stereocenters. The van der Waals surface area contributed by atoms with E-state index in [9.17, 15) is 14.3 Å². The number of carbonyl (C=O) groups is 1. The molecule has 3 aromatic carbocycles. The van der Waals surface area contributed by atoms with Crippen LogP contribution in [-0.2, 0) is 0 Å². The molecule has 0 unspecified atom stereocenters. The van der Waals surface area contributed by atoms with E-state index in [1.165, 1.54) is 12.1 Å². The summed E-state index contributed by atoms with van der Waals surface area (Å²) in [6, 6.07) is 22.4. The van der Waals surface area contributed by atoms with E-state index >= 15 is 0 Å². The molecule has 1 N–H and O–H groups in total. The third-order valence-electron chi connectivity index (χ3n) is 5.02. The van der Waals surface area contributed by atoms with Crippen LogP contribution < -0.4 is 0 Å². The average molecular weight is 476 g/mol. The largest absolute Gasteiger partial charge is 0.477 e. The second-order valence-electron chi connectivity index (χ2n) is 7.19. The predicted molar refractivity (Wildman–Crippen MR) is 127 cm³/mol. The molecule has 0 aliphatic heterocycles. The Morgan fingerprint density at radius 1 is 0.909 bits per heavy atom. The molecule has 0 bridgehead atoms. The van der Waals surface area contributed by atoms with E-state index in [2.05, 4.69) is 4.98 Å². The number of carboxylic acid groups (broad SMARTS) is 1. The molecule has 0 amide bonds. The lowest BCUT2D eigenvalue weighted by molar-refractivity contribution is 0.0702. The third kappa shape index (κ3) is 4.16. The number of thiazole rings is 1. The molecule has 5 rings (SSSR count). The van der Waals surface area contributed by atoms with E-state index in [-0.39, 0.29) is 10.7 Å². The molecule has 0 aliphatic rings. The topological polar surface area (TPSA) is 68.0 Å². The van der Waals surface area contributed by atoms with Gasteiger partial charge in [0.1, 0.15) is 21.4 Å². The van der Waals surface area contributed by atoms with Crippen molar-refractivity contribution >= 4 is 28.9 Å². The summed E-state index contributed by atoms with van der Waals surface area (Å²) < 4.78 is 15.3. The Kier molecular flexibility index (Phi) is 5.50. The van der Waals surface area contributed by atoms with Crippen LogP contribution in [0.5, 0.6) is 0 Å². The van der Waals surface area contributed by atoms with E-state index in [0.717, 1.165) is 17.0 Å². The van der Waals surface area contributed by atoms with Crippen molar-refractivity contribution in [2.75, 3.05) is 0 Å². The van der Waals surface area contributed by atoms with Crippen LogP contribution >= 0.6 is 22.9 Å². The monoisotopic (exact) mass is 475 g/mol. The predicted octanol–water partition coefficient (Wildman–Crippen LogP) is 6.82. The molecular weight excluding hydrogens is 461 g/mol. The summed E-state index contributed by atoms with van der Waals surface area (Å²) in [5.74, 6) is -1.42. The quantitative estimate of drug-likeness (QED) is 0.303. The first-order chi connectivity index (χ1) is 16.0. The number of carboxylic acids is 1. The van der Waals surface area contributed by atoms with Crippen molar-refractivity contribution in [2.24, 2.45) is 0 Å². The zero-order chi connectivity index (χ0) is 22.9.